The van der Waals surface area contributed by atoms with Crippen LogP contribution < -0.4 is 5.56 Å². The van der Waals surface area contributed by atoms with Crippen LogP contribution in [-0.4, -0.2) is 21.2 Å². The van der Waals surface area contributed by atoms with Crippen LogP contribution in [0.2, 0.25) is 0 Å². The molecule has 1 atom stereocenters. The number of benzene rings is 1. The molecule has 0 spiro atoms. The van der Waals surface area contributed by atoms with Crippen LogP contribution in [0.25, 0.3) is 0 Å². The lowest BCUT2D eigenvalue weighted by Crippen LogP contribution is -2.45. The Morgan fingerprint density at radius 2 is 1.84 bits per heavy atom. The van der Waals surface area contributed by atoms with E-state index in [9.17, 15) is 18.0 Å². The number of aromatic nitrogens is 2. The number of rotatable bonds is 4. The van der Waals surface area contributed by atoms with Crippen molar-refractivity contribution in [1.29, 1.82) is 0 Å². The second-order valence-corrected chi connectivity index (χ2v) is 6.73. The third kappa shape index (κ3) is 3.20. The van der Waals surface area contributed by atoms with E-state index in [1.807, 2.05) is 35.2 Å². The van der Waals surface area contributed by atoms with Crippen LogP contribution in [0.5, 0.6) is 0 Å². The van der Waals surface area contributed by atoms with Crippen molar-refractivity contribution in [2.45, 2.75) is 44.1 Å². The van der Waals surface area contributed by atoms with E-state index in [-0.39, 0.29) is 18.6 Å². The molecule has 0 bridgehead atoms. The minimum Gasteiger partial charge on any atom is -0.277 e. The number of likely N-dealkylation sites (tertiary alicyclic amines) is 1. The second-order valence-electron chi connectivity index (χ2n) is 6.73. The van der Waals surface area contributed by atoms with E-state index in [1.54, 1.807) is 0 Å². The molecule has 4 nitrogen and oxygen atoms in total. The summed E-state index contributed by atoms with van der Waals surface area (Å²) in [5.74, 6) is 0.0502. The fraction of sp³-hybridized carbons (Fsp3) is 0.444. The van der Waals surface area contributed by atoms with Gasteiger partial charge in [-0.3, -0.25) is 9.69 Å². The Morgan fingerprint density at radius 1 is 1.12 bits per heavy atom. The predicted molar refractivity (Wildman–Crippen MR) is 86.0 cm³/mol. The summed E-state index contributed by atoms with van der Waals surface area (Å²) in [6.45, 7) is 0.824. The summed E-state index contributed by atoms with van der Waals surface area (Å²) in [5, 5.41) is 4.22. The van der Waals surface area contributed by atoms with Gasteiger partial charge >= 0.3 is 6.18 Å². The molecular weight excluding hydrogens is 331 g/mol. The lowest BCUT2D eigenvalue weighted by molar-refractivity contribution is -0.139. The first kappa shape index (κ1) is 16.3. The zero-order valence-electron chi connectivity index (χ0n) is 13.5. The predicted octanol–water partition coefficient (Wildman–Crippen LogP) is 3.54. The highest BCUT2D eigenvalue weighted by Crippen LogP contribution is 2.40. The van der Waals surface area contributed by atoms with Crippen LogP contribution in [0.4, 0.5) is 13.2 Å². The quantitative estimate of drug-likeness (QED) is 0.847. The topological polar surface area (TPSA) is 38.1 Å². The van der Waals surface area contributed by atoms with E-state index in [4.69, 9.17) is 0 Å². The molecule has 1 aromatic heterocycles. The molecule has 2 aliphatic rings. The minimum absolute atomic E-state index is 0.0502. The van der Waals surface area contributed by atoms with Crippen molar-refractivity contribution >= 4 is 0 Å². The first-order valence-electron chi connectivity index (χ1n) is 8.42. The fourth-order valence-electron chi connectivity index (χ4n) is 3.27. The molecule has 1 aromatic carbocycles. The van der Waals surface area contributed by atoms with Gasteiger partial charge in [-0.05, 0) is 30.9 Å². The molecule has 0 radical (unpaired) electrons. The molecule has 1 aliphatic heterocycles. The van der Waals surface area contributed by atoms with E-state index < -0.39 is 17.3 Å². The van der Waals surface area contributed by atoms with Crippen LogP contribution >= 0.6 is 0 Å². The van der Waals surface area contributed by atoms with Gasteiger partial charge in [-0.15, -0.1) is 0 Å². The van der Waals surface area contributed by atoms with Crippen LogP contribution in [0.3, 0.4) is 0 Å². The van der Waals surface area contributed by atoms with Gasteiger partial charge in [-0.25, -0.2) is 4.68 Å². The van der Waals surface area contributed by atoms with Gasteiger partial charge in [-0.2, -0.15) is 18.3 Å². The maximum Gasteiger partial charge on any atom is 0.421 e. The average molecular weight is 349 g/mol. The zero-order chi connectivity index (χ0) is 17.6. The molecule has 2 heterocycles. The summed E-state index contributed by atoms with van der Waals surface area (Å²) >= 11 is 0. The Bertz CT molecular complexity index is 828. The van der Waals surface area contributed by atoms with Crippen molar-refractivity contribution in [2.24, 2.45) is 0 Å². The molecule has 2 fully saturated rings. The van der Waals surface area contributed by atoms with Gasteiger partial charge in [-0.1, -0.05) is 30.3 Å². The number of alkyl halides is 3. The number of hydrogen-bond acceptors (Lipinski definition) is 3. The Labute approximate surface area is 142 Å². The molecule has 0 N–H and O–H groups in total. The number of hydrogen-bond donors (Lipinski definition) is 0. The summed E-state index contributed by atoms with van der Waals surface area (Å²) in [6.07, 6.45) is -2.07. The summed E-state index contributed by atoms with van der Waals surface area (Å²) < 4.78 is 40.6. The molecule has 0 amide bonds. The van der Waals surface area contributed by atoms with E-state index in [0.29, 0.717) is 5.69 Å². The third-order valence-corrected chi connectivity index (χ3v) is 4.92. The largest absolute Gasteiger partial charge is 0.421 e. The van der Waals surface area contributed by atoms with Crippen LogP contribution in [-0.2, 0) is 12.8 Å². The van der Waals surface area contributed by atoms with Gasteiger partial charge in [0.1, 0.15) is 5.56 Å². The molecule has 25 heavy (non-hydrogen) atoms. The van der Waals surface area contributed by atoms with Crippen molar-refractivity contribution in [3.8, 4) is 0 Å². The first-order valence-corrected chi connectivity index (χ1v) is 8.42. The Hall–Kier alpha value is -2.15. The maximum absolute atomic E-state index is 13.2. The standard InChI is InChI=1S/C18H18F3N3O/c19-18(20,21)14-10-15(12-6-7-12)22-24(17(14)25)11-23-9-8-16(23)13-4-2-1-3-5-13/h1-5,10,12,16H,6-9,11H2/t16-/m1/s1. The van der Waals surface area contributed by atoms with Gasteiger partial charge < -0.3 is 0 Å². The fourth-order valence-corrected chi connectivity index (χ4v) is 3.27. The molecule has 1 saturated heterocycles. The molecule has 132 valence electrons. The van der Waals surface area contributed by atoms with Crippen molar-refractivity contribution < 1.29 is 13.2 Å². The zero-order valence-corrected chi connectivity index (χ0v) is 13.5. The molecule has 7 heteroatoms. The lowest BCUT2D eigenvalue weighted by Gasteiger charge is -2.41. The van der Waals surface area contributed by atoms with E-state index in [2.05, 4.69) is 5.10 Å². The van der Waals surface area contributed by atoms with Crippen molar-refractivity contribution in [3.63, 3.8) is 0 Å². The van der Waals surface area contributed by atoms with Gasteiger partial charge in [0, 0.05) is 18.5 Å². The summed E-state index contributed by atoms with van der Waals surface area (Å²) in [5.41, 5.74) is -0.684. The SMILES string of the molecule is O=c1c(C(F)(F)F)cc(C2CC2)nn1CN1CC[C@@H]1c1ccccc1. The van der Waals surface area contributed by atoms with Gasteiger partial charge in [0.05, 0.1) is 12.4 Å². The minimum atomic E-state index is -4.65. The van der Waals surface area contributed by atoms with Gasteiger partial charge in [0.25, 0.3) is 5.56 Å². The van der Waals surface area contributed by atoms with Crippen LogP contribution in [0.1, 0.15) is 48.0 Å². The average Bonchev–Trinajstić information content (AvgIpc) is 3.37. The molecule has 4 rings (SSSR count). The smallest absolute Gasteiger partial charge is 0.277 e. The van der Waals surface area contributed by atoms with Gasteiger partial charge in [0.2, 0.25) is 0 Å². The Morgan fingerprint density at radius 3 is 2.40 bits per heavy atom. The Kier molecular flexibility index (Phi) is 3.91. The highest BCUT2D eigenvalue weighted by Gasteiger charge is 2.38. The molecule has 0 unspecified atom stereocenters. The van der Waals surface area contributed by atoms with E-state index >= 15 is 0 Å². The van der Waals surface area contributed by atoms with Crippen molar-refractivity contribution in [2.75, 3.05) is 6.54 Å². The second kappa shape index (κ2) is 5.98. The van der Waals surface area contributed by atoms with Crippen molar-refractivity contribution in [1.82, 2.24) is 14.7 Å². The highest BCUT2D eigenvalue weighted by molar-refractivity contribution is 5.23. The first-order chi connectivity index (χ1) is 11.9. The number of halogens is 3. The molecule has 1 saturated carbocycles. The molecule has 2 aromatic rings. The lowest BCUT2D eigenvalue weighted by atomic mass is 9.95. The van der Waals surface area contributed by atoms with E-state index in [1.165, 1.54) is 0 Å². The third-order valence-electron chi connectivity index (χ3n) is 4.92. The number of nitrogens with zero attached hydrogens (tertiary/aromatic N) is 3. The van der Waals surface area contributed by atoms with Crippen molar-refractivity contribution in [3.05, 3.63) is 63.6 Å². The monoisotopic (exact) mass is 349 g/mol. The Balaban J connectivity index is 1.64. The molecule has 1 aliphatic carbocycles. The van der Waals surface area contributed by atoms with E-state index in [0.717, 1.165) is 42.1 Å². The highest BCUT2D eigenvalue weighted by atomic mass is 19.4. The normalized spacial score (nSPS) is 21.2. The summed E-state index contributed by atoms with van der Waals surface area (Å²) in [7, 11) is 0. The summed E-state index contributed by atoms with van der Waals surface area (Å²) in [6, 6.07) is 10.8. The molecular formula is C18H18F3N3O. The van der Waals surface area contributed by atoms with Crippen LogP contribution in [0, 0.1) is 0 Å². The maximum atomic E-state index is 13.2. The van der Waals surface area contributed by atoms with Crippen LogP contribution in [0.15, 0.2) is 41.2 Å². The van der Waals surface area contributed by atoms with Gasteiger partial charge in [0.15, 0.2) is 0 Å². The summed E-state index contributed by atoms with van der Waals surface area (Å²) in [4.78, 5) is 14.3.